The third-order valence-electron chi connectivity index (χ3n) is 4.58. The van der Waals surface area contributed by atoms with Crippen LogP contribution in [-0.2, 0) is 9.53 Å². The molecule has 1 N–H and O–H groups in total. The van der Waals surface area contributed by atoms with E-state index < -0.39 is 17.3 Å². The molecule has 2 atom stereocenters. The number of nitrogens with zero attached hydrogens (tertiary/aromatic N) is 1. The van der Waals surface area contributed by atoms with E-state index in [1.165, 1.54) is 30.7 Å². The van der Waals surface area contributed by atoms with Gasteiger partial charge in [0.2, 0.25) is 5.91 Å². The van der Waals surface area contributed by atoms with Crippen molar-refractivity contribution in [2.45, 2.75) is 77.2 Å². The van der Waals surface area contributed by atoms with E-state index >= 15 is 0 Å². The molecule has 1 aromatic rings. The van der Waals surface area contributed by atoms with E-state index in [1.54, 1.807) is 0 Å². The molecule has 26 heavy (non-hydrogen) atoms. The van der Waals surface area contributed by atoms with Crippen LogP contribution in [-0.4, -0.2) is 29.3 Å². The van der Waals surface area contributed by atoms with Crippen molar-refractivity contribution in [2.75, 3.05) is 0 Å². The molecule has 7 nitrogen and oxygen atoms in total. The monoisotopic (exact) mass is 364 g/mol. The Balaban J connectivity index is 1.90. The number of nitro groups is 1. The molecule has 1 aliphatic carbocycles. The number of non-ortho nitro benzene ring substituents is 1. The molecule has 0 radical (unpaired) electrons. The first-order chi connectivity index (χ1) is 12.5. The van der Waals surface area contributed by atoms with Crippen molar-refractivity contribution in [1.29, 1.82) is 0 Å². The highest BCUT2D eigenvalue weighted by molar-refractivity contribution is 5.81. The summed E-state index contributed by atoms with van der Waals surface area (Å²) in [5.74, 6) is 0.384. The predicted octanol–water partition coefficient (Wildman–Crippen LogP) is 3.95. The van der Waals surface area contributed by atoms with Crippen molar-refractivity contribution < 1.29 is 19.2 Å². The summed E-state index contributed by atoms with van der Waals surface area (Å²) in [6, 6.07) is 6.08. The molecule has 1 amide bonds. The molecule has 0 bridgehead atoms. The molecule has 0 saturated heterocycles. The zero-order valence-electron chi connectivity index (χ0n) is 15.5. The predicted molar refractivity (Wildman–Crippen MR) is 98.0 cm³/mol. The second-order valence-electron chi connectivity index (χ2n) is 6.58. The van der Waals surface area contributed by atoms with Crippen molar-refractivity contribution in [3.05, 3.63) is 34.4 Å². The van der Waals surface area contributed by atoms with Crippen LogP contribution in [0.15, 0.2) is 24.3 Å². The standard InChI is InChI=1S/C19H28N2O5/c1-3-17(19(22)20-14-8-6-5-7-9-14)26-18(4-2)25-16-12-10-15(11-13-16)21(23)24/h10-14,17-18H,3-9H2,1-2H3,(H,20,22). The number of carbonyl (C=O) groups is 1. The Hall–Kier alpha value is -2.15. The summed E-state index contributed by atoms with van der Waals surface area (Å²) in [5, 5.41) is 13.8. The Morgan fingerprint density at radius 3 is 2.38 bits per heavy atom. The van der Waals surface area contributed by atoms with E-state index in [0.29, 0.717) is 18.6 Å². The molecule has 0 spiro atoms. The minimum Gasteiger partial charge on any atom is -0.465 e. The van der Waals surface area contributed by atoms with E-state index in [0.717, 1.165) is 25.7 Å². The minimum absolute atomic E-state index is 0.00427. The number of carbonyl (C=O) groups excluding carboxylic acids is 1. The van der Waals surface area contributed by atoms with Gasteiger partial charge in [0, 0.05) is 24.6 Å². The summed E-state index contributed by atoms with van der Waals surface area (Å²) >= 11 is 0. The summed E-state index contributed by atoms with van der Waals surface area (Å²) in [7, 11) is 0. The molecule has 0 aliphatic heterocycles. The van der Waals surface area contributed by atoms with Crippen molar-refractivity contribution in [3.8, 4) is 5.75 Å². The van der Waals surface area contributed by atoms with Crippen molar-refractivity contribution in [1.82, 2.24) is 5.32 Å². The van der Waals surface area contributed by atoms with Gasteiger partial charge >= 0.3 is 0 Å². The SMILES string of the molecule is CCC(Oc1ccc([N+](=O)[O-])cc1)OC(CC)C(=O)NC1CCCCC1. The summed E-state index contributed by atoms with van der Waals surface area (Å²) < 4.78 is 11.6. The van der Waals surface area contributed by atoms with E-state index in [4.69, 9.17) is 9.47 Å². The summed E-state index contributed by atoms with van der Waals surface area (Å²) in [4.78, 5) is 22.8. The molecule has 1 saturated carbocycles. The van der Waals surface area contributed by atoms with Crippen LogP contribution in [0, 0.1) is 10.1 Å². The number of rotatable bonds is 9. The summed E-state index contributed by atoms with van der Waals surface area (Å²) in [6.07, 6.45) is 5.56. The number of amides is 1. The number of hydrogen-bond donors (Lipinski definition) is 1. The van der Waals surface area contributed by atoms with Gasteiger partial charge in [-0.15, -0.1) is 0 Å². The lowest BCUT2D eigenvalue weighted by Gasteiger charge is -2.27. The number of ether oxygens (including phenoxy) is 2. The van der Waals surface area contributed by atoms with Crippen LogP contribution in [0.2, 0.25) is 0 Å². The smallest absolute Gasteiger partial charge is 0.269 e. The molecular weight excluding hydrogens is 336 g/mol. The Kier molecular flexibility index (Phi) is 7.84. The molecule has 0 heterocycles. The van der Waals surface area contributed by atoms with Gasteiger partial charge in [-0.25, -0.2) is 0 Å². The number of nitro benzene ring substituents is 1. The largest absolute Gasteiger partial charge is 0.465 e. The van der Waals surface area contributed by atoms with Crippen LogP contribution in [0.4, 0.5) is 5.69 Å². The van der Waals surface area contributed by atoms with Crippen LogP contribution in [0.1, 0.15) is 58.8 Å². The third-order valence-corrected chi connectivity index (χ3v) is 4.58. The van der Waals surface area contributed by atoms with Crippen LogP contribution in [0.25, 0.3) is 0 Å². The fourth-order valence-corrected chi connectivity index (χ4v) is 3.07. The topological polar surface area (TPSA) is 90.7 Å². The molecule has 144 valence electrons. The average Bonchev–Trinajstić information content (AvgIpc) is 2.66. The van der Waals surface area contributed by atoms with Gasteiger partial charge < -0.3 is 14.8 Å². The zero-order valence-corrected chi connectivity index (χ0v) is 15.5. The average molecular weight is 364 g/mol. The van der Waals surface area contributed by atoms with Gasteiger partial charge in [0.25, 0.3) is 5.69 Å². The Morgan fingerprint density at radius 2 is 1.85 bits per heavy atom. The summed E-state index contributed by atoms with van der Waals surface area (Å²) in [6.45, 7) is 3.81. The van der Waals surface area contributed by atoms with E-state index in [2.05, 4.69) is 5.32 Å². The van der Waals surface area contributed by atoms with Gasteiger partial charge in [0.15, 0.2) is 6.29 Å². The van der Waals surface area contributed by atoms with Gasteiger partial charge in [-0.2, -0.15) is 0 Å². The highest BCUT2D eigenvalue weighted by Gasteiger charge is 2.25. The Bertz CT molecular complexity index is 584. The highest BCUT2D eigenvalue weighted by Crippen LogP contribution is 2.21. The number of hydrogen-bond acceptors (Lipinski definition) is 5. The molecule has 1 aliphatic rings. The lowest BCUT2D eigenvalue weighted by atomic mass is 9.95. The summed E-state index contributed by atoms with van der Waals surface area (Å²) in [5.41, 5.74) is 0.00427. The molecule has 2 rings (SSSR count). The Labute approximate surface area is 154 Å². The molecular formula is C19H28N2O5. The molecule has 2 unspecified atom stereocenters. The lowest BCUT2D eigenvalue weighted by molar-refractivity contribution is -0.384. The van der Waals surface area contributed by atoms with Crippen LogP contribution in [0.5, 0.6) is 5.75 Å². The maximum atomic E-state index is 12.5. The molecule has 0 aromatic heterocycles. The van der Waals surface area contributed by atoms with E-state index in [1.807, 2.05) is 13.8 Å². The first kappa shape index (κ1) is 20.2. The Morgan fingerprint density at radius 1 is 1.19 bits per heavy atom. The third kappa shape index (κ3) is 5.98. The van der Waals surface area contributed by atoms with Gasteiger partial charge in [-0.3, -0.25) is 14.9 Å². The molecule has 7 heteroatoms. The van der Waals surface area contributed by atoms with E-state index in [-0.39, 0.29) is 17.6 Å². The first-order valence-electron chi connectivity index (χ1n) is 9.40. The highest BCUT2D eigenvalue weighted by atomic mass is 16.7. The van der Waals surface area contributed by atoms with Crippen LogP contribution in [0.3, 0.4) is 0 Å². The quantitative estimate of drug-likeness (QED) is 0.407. The van der Waals surface area contributed by atoms with Crippen molar-refractivity contribution in [3.63, 3.8) is 0 Å². The fourth-order valence-electron chi connectivity index (χ4n) is 3.07. The van der Waals surface area contributed by atoms with Crippen molar-refractivity contribution in [2.24, 2.45) is 0 Å². The normalized spacial score (nSPS) is 17.3. The van der Waals surface area contributed by atoms with Gasteiger partial charge in [0.05, 0.1) is 4.92 Å². The first-order valence-corrected chi connectivity index (χ1v) is 9.40. The maximum Gasteiger partial charge on any atom is 0.269 e. The fraction of sp³-hybridized carbons (Fsp3) is 0.632. The molecule has 1 fully saturated rings. The van der Waals surface area contributed by atoms with Crippen LogP contribution >= 0.6 is 0 Å². The second-order valence-corrected chi connectivity index (χ2v) is 6.58. The van der Waals surface area contributed by atoms with Crippen molar-refractivity contribution >= 4 is 11.6 Å². The van der Waals surface area contributed by atoms with Gasteiger partial charge in [0.1, 0.15) is 11.9 Å². The molecule has 1 aromatic carbocycles. The lowest BCUT2D eigenvalue weighted by Crippen LogP contribution is -2.44. The van der Waals surface area contributed by atoms with Crippen LogP contribution < -0.4 is 10.1 Å². The van der Waals surface area contributed by atoms with Gasteiger partial charge in [-0.05, 0) is 31.4 Å². The van der Waals surface area contributed by atoms with E-state index in [9.17, 15) is 14.9 Å². The van der Waals surface area contributed by atoms with Gasteiger partial charge in [-0.1, -0.05) is 33.1 Å². The number of benzene rings is 1. The maximum absolute atomic E-state index is 12.5. The zero-order chi connectivity index (χ0) is 18.9. The number of nitrogens with one attached hydrogen (secondary N) is 1. The minimum atomic E-state index is -0.585. The second kappa shape index (κ2) is 10.1.